The minimum absolute atomic E-state index is 0.690. The van der Waals surface area contributed by atoms with Gasteiger partial charge in [0, 0.05) is 18.3 Å². The van der Waals surface area contributed by atoms with Crippen LogP contribution < -0.4 is 0 Å². The van der Waals surface area contributed by atoms with E-state index in [1.807, 2.05) is 11.8 Å². The first-order valence-corrected chi connectivity index (χ1v) is 6.83. The predicted molar refractivity (Wildman–Crippen MR) is 69.8 cm³/mol. The summed E-state index contributed by atoms with van der Waals surface area (Å²) in [6.07, 6.45) is 1.28. The van der Waals surface area contributed by atoms with Gasteiger partial charge in [-0.2, -0.15) is 0 Å². The molecule has 3 heteroatoms. The monoisotopic (exact) mass is 231 g/mol. The van der Waals surface area contributed by atoms with Crippen LogP contribution in [0.3, 0.4) is 0 Å². The number of rotatable bonds is 4. The Morgan fingerprint density at radius 1 is 1.36 bits per heavy atom. The summed E-state index contributed by atoms with van der Waals surface area (Å²) in [7, 11) is 0. The van der Waals surface area contributed by atoms with Crippen molar-refractivity contribution >= 4 is 28.3 Å². The predicted octanol–water partition coefficient (Wildman–Crippen LogP) is 3.39. The van der Waals surface area contributed by atoms with Crippen LogP contribution in [-0.4, -0.2) is 27.6 Å². The van der Waals surface area contributed by atoms with Gasteiger partial charge in [-0.05, 0) is 18.3 Å². The lowest BCUT2D eigenvalue weighted by atomic mass is 10.0. The molecule has 1 rings (SSSR count). The Hall–Kier alpha value is 0.240. The summed E-state index contributed by atoms with van der Waals surface area (Å²) in [5.41, 5.74) is 0. The van der Waals surface area contributed by atoms with Crippen LogP contribution in [0, 0.1) is 11.8 Å². The maximum atomic E-state index is 5.38. The minimum atomic E-state index is 0.690. The van der Waals surface area contributed by atoms with Crippen LogP contribution in [0.4, 0.5) is 0 Å². The molecule has 0 aliphatic carbocycles. The van der Waals surface area contributed by atoms with E-state index in [4.69, 9.17) is 12.2 Å². The fourth-order valence-electron chi connectivity index (χ4n) is 1.85. The van der Waals surface area contributed by atoms with Crippen molar-refractivity contribution in [2.75, 3.05) is 12.3 Å². The van der Waals surface area contributed by atoms with E-state index in [2.05, 4.69) is 32.6 Å². The Kier molecular flexibility index (Phi) is 4.71. The average molecular weight is 231 g/mol. The van der Waals surface area contributed by atoms with Crippen LogP contribution in [0.25, 0.3) is 0 Å². The molecule has 0 radical (unpaired) electrons. The zero-order chi connectivity index (χ0) is 10.7. The van der Waals surface area contributed by atoms with Crippen molar-refractivity contribution in [2.45, 2.75) is 40.2 Å². The van der Waals surface area contributed by atoms with E-state index >= 15 is 0 Å². The summed E-state index contributed by atoms with van der Waals surface area (Å²) in [5, 5.41) is 0. The van der Waals surface area contributed by atoms with Crippen LogP contribution in [0.1, 0.15) is 34.1 Å². The highest BCUT2D eigenvalue weighted by Gasteiger charge is 2.29. The number of thiocarbonyl (C=S) groups is 1. The zero-order valence-corrected chi connectivity index (χ0v) is 11.3. The van der Waals surface area contributed by atoms with Gasteiger partial charge in [0.2, 0.25) is 0 Å². The van der Waals surface area contributed by atoms with Crippen LogP contribution in [0.5, 0.6) is 0 Å². The second-order valence-electron chi connectivity index (χ2n) is 4.91. The quantitative estimate of drug-likeness (QED) is 0.683. The first-order valence-electron chi connectivity index (χ1n) is 5.44. The van der Waals surface area contributed by atoms with E-state index in [1.165, 1.54) is 12.2 Å². The molecule has 82 valence electrons. The Labute approximate surface area is 97.6 Å². The van der Waals surface area contributed by atoms with E-state index in [0.717, 1.165) is 16.8 Å². The summed E-state index contributed by atoms with van der Waals surface area (Å²) in [6.45, 7) is 10.2. The second kappa shape index (κ2) is 5.36. The van der Waals surface area contributed by atoms with Crippen LogP contribution >= 0.6 is 24.0 Å². The van der Waals surface area contributed by atoms with Gasteiger partial charge >= 0.3 is 0 Å². The van der Waals surface area contributed by atoms with Gasteiger partial charge < -0.3 is 4.90 Å². The largest absolute Gasteiger partial charge is 0.353 e. The summed E-state index contributed by atoms with van der Waals surface area (Å²) in [4.78, 5) is 2.44. The van der Waals surface area contributed by atoms with Gasteiger partial charge in [0.1, 0.15) is 4.32 Å². The van der Waals surface area contributed by atoms with E-state index in [0.29, 0.717) is 12.0 Å². The minimum Gasteiger partial charge on any atom is -0.353 e. The zero-order valence-electron chi connectivity index (χ0n) is 9.62. The van der Waals surface area contributed by atoms with Gasteiger partial charge in [-0.3, -0.25) is 0 Å². The topological polar surface area (TPSA) is 3.24 Å². The molecular formula is C11H21NS2. The molecule has 0 aromatic heterocycles. The lowest BCUT2D eigenvalue weighted by Crippen LogP contribution is -2.36. The summed E-state index contributed by atoms with van der Waals surface area (Å²) >= 11 is 7.23. The molecule has 0 N–H and O–H groups in total. The fraction of sp³-hybridized carbons (Fsp3) is 0.909. The second-order valence-corrected chi connectivity index (χ2v) is 6.56. The number of hydrogen-bond donors (Lipinski definition) is 0. The first-order chi connectivity index (χ1) is 6.50. The van der Waals surface area contributed by atoms with Crippen molar-refractivity contribution in [3.05, 3.63) is 0 Å². The lowest BCUT2D eigenvalue weighted by molar-refractivity contribution is 0.282. The Morgan fingerprint density at radius 2 is 2.00 bits per heavy atom. The molecule has 1 fully saturated rings. The average Bonchev–Trinajstić information content (AvgIpc) is 2.34. The third kappa shape index (κ3) is 3.43. The molecule has 14 heavy (non-hydrogen) atoms. The number of nitrogens with zero attached hydrogens (tertiary/aromatic N) is 1. The smallest absolute Gasteiger partial charge is 0.136 e. The Morgan fingerprint density at radius 3 is 2.50 bits per heavy atom. The van der Waals surface area contributed by atoms with Gasteiger partial charge in [-0.25, -0.2) is 0 Å². The van der Waals surface area contributed by atoms with E-state index in [9.17, 15) is 0 Å². The summed E-state index contributed by atoms with van der Waals surface area (Å²) < 4.78 is 1.12. The number of hydrogen-bond acceptors (Lipinski definition) is 2. The van der Waals surface area contributed by atoms with Gasteiger partial charge in [0.15, 0.2) is 0 Å². The van der Waals surface area contributed by atoms with Gasteiger partial charge in [-0.1, -0.05) is 51.7 Å². The highest BCUT2D eigenvalue weighted by molar-refractivity contribution is 8.23. The molecule has 0 spiro atoms. The highest BCUT2D eigenvalue weighted by atomic mass is 32.2. The van der Waals surface area contributed by atoms with E-state index in [-0.39, 0.29) is 0 Å². The van der Waals surface area contributed by atoms with Crippen LogP contribution in [0.2, 0.25) is 0 Å². The van der Waals surface area contributed by atoms with Crippen molar-refractivity contribution in [1.29, 1.82) is 0 Å². The molecule has 0 aromatic carbocycles. The molecule has 1 atom stereocenters. The van der Waals surface area contributed by atoms with Gasteiger partial charge in [-0.15, -0.1) is 0 Å². The lowest BCUT2D eigenvalue weighted by Gasteiger charge is -2.28. The molecule has 1 aliphatic rings. The van der Waals surface area contributed by atoms with Crippen LogP contribution in [0.15, 0.2) is 0 Å². The molecule has 0 bridgehead atoms. The van der Waals surface area contributed by atoms with Gasteiger partial charge in [0.05, 0.1) is 0 Å². The maximum absolute atomic E-state index is 5.38. The highest BCUT2D eigenvalue weighted by Crippen LogP contribution is 2.28. The van der Waals surface area contributed by atoms with Crippen molar-refractivity contribution in [1.82, 2.24) is 4.90 Å². The van der Waals surface area contributed by atoms with Crippen molar-refractivity contribution in [3.63, 3.8) is 0 Å². The molecule has 0 amide bonds. The SMILES string of the molecule is CC(C)CC1CSC(=S)N1CC(C)C. The van der Waals surface area contributed by atoms with E-state index < -0.39 is 0 Å². The molecule has 1 aliphatic heterocycles. The number of thioether (sulfide) groups is 1. The van der Waals surface area contributed by atoms with Crippen molar-refractivity contribution < 1.29 is 0 Å². The van der Waals surface area contributed by atoms with E-state index in [1.54, 1.807) is 0 Å². The Bertz CT molecular complexity index is 201. The molecular weight excluding hydrogens is 210 g/mol. The third-order valence-electron chi connectivity index (χ3n) is 2.38. The summed E-state index contributed by atoms with van der Waals surface area (Å²) in [6, 6.07) is 0.690. The fourth-order valence-corrected chi connectivity index (χ4v) is 3.31. The van der Waals surface area contributed by atoms with Crippen LogP contribution in [-0.2, 0) is 0 Å². The first kappa shape index (κ1) is 12.3. The Balaban J connectivity index is 2.53. The standard InChI is InChI=1S/C11H21NS2/c1-8(2)5-10-7-14-11(13)12(10)6-9(3)4/h8-10H,5-7H2,1-4H3. The van der Waals surface area contributed by atoms with Crippen molar-refractivity contribution in [2.24, 2.45) is 11.8 Å². The maximum Gasteiger partial charge on any atom is 0.136 e. The normalized spacial score (nSPS) is 22.9. The molecule has 0 saturated carbocycles. The molecule has 1 nitrogen and oxygen atoms in total. The molecule has 1 unspecified atom stereocenters. The van der Waals surface area contributed by atoms with Crippen molar-refractivity contribution in [3.8, 4) is 0 Å². The molecule has 1 heterocycles. The van der Waals surface area contributed by atoms with Gasteiger partial charge in [0.25, 0.3) is 0 Å². The summed E-state index contributed by atoms with van der Waals surface area (Å²) in [5.74, 6) is 2.68. The molecule has 1 saturated heterocycles. The third-order valence-corrected chi connectivity index (χ3v) is 4.00. The molecule has 0 aromatic rings.